The second kappa shape index (κ2) is 4.42. The lowest BCUT2D eigenvalue weighted by atomic mass is 10.1. The van der Waals surface area contributed by atoms with Crippen molar-refractivity contribution in [3.63, 3.8) is 0 Å². The summed E-state index contributed by atoms with van der Waals surface area (Å²) >= 11 is 0. The monoisotopic (exact) mass is 220 g/mol. The first-order chi connectivity index (χ1) is 7.63. The molecule has 3 nitrogen and oxygen atoms in total. The van der Waals surface area contributed by atoms with E-state index in [1.807, 2.05) is 10.6 Å². The lowest BCUT2D eigenvalue weighted by molar-refractivity contribution is 0.493. The molecule has 0 atom stereocenters. The van der Waals surface area contributed by atoms with Gasteiger partial charge in [0.2, 0.25) is 0 Å². The summed E-state index contributed by atoms with van der Waals surface area (Å²) in [6.45, 7) is 5.41. The molecular formula is C13H20N2O. The Morgan fingerprint density at radius 2 is 2.12 bits per heavy atom. The van der Waals surface area contributed by atoms with E-state index in [1.165, 1.54) is 18.5 Å². The van der Waals surface area contributed by atoms with Gasteiger partial charge in [-0.15, -0.1) is 0 Å². The van der Waals surface area contributed by atoms with Crippen molar-refractivity contribution in [2.24, 2.45) is 11.7 Å². The maximum atomic E-state index is 12.2. The third kappa shape index (κ3) is 2.19. The summed E-state index contributed by atoms with van der Waals surface area (Å²) in [7, 11) is 0. The molecule has 2 N–H and O–H groups in total. The molecule has 3 heteroatoms. The van der Waals surface area contributed by atoms with Gasteiger partial charge in [-0.05, 0) is 30.7 Å². The molecule has 1 aliphatic rings. The van der Waals surface area contributed by atoms with Crippen molar-refractivity contribution in [1.29, 1.82) is 0 Å². The molecule has 0 aliphatic heterocycles. The number of nitrogens with zero attached hydrogens (tertiary/aromatic N) is 1. The Kier molecular flexibility index (Phi) is 3.15. The van der Waals surface area contributed by atoms with Crippen molar-refractivity contribution in [3.05, 3.63) is 33.7 Å². The minimum Gasteiger partial charge on any atom is -0.326 e. The topological polar surface area (TPSA) is 48.0 Å². The maximum absolute atomic E-state index is 12.2. The van der Waals surface area contributed by atoms with Crippen LogP contribution in [0, 0.1) is 5.92 Å². The highest BCUT2D eigenvalue weighted by Gasteiger charge is 2.27. The van der Waals surface area contributed by atoms with Crippen LogP contribution in [0.3, 0.4) is 0 Å². The fraction of sp³-hybridized carbons (Fsp3) is 0.615. The molecular weight excluding hydrogens is 200 g/mol. The van der Waals surface area contributed by atoms with Crippen LogP contribution in [0.15, 0.2) is 16.9 Å². The zero-order valence-electron chi connectivity index (χ0n) is 10.1. The van der Waals surface area contributed by atoms with Crippen molar-refractivity contribution in [2.75, 3.05) is 0 Å². The molecule has 0 bridgehead atoms. The normalized spacial score (nSPS) is 15.8. The molecule has 1 aromatic heterocycles. The minimum absolute atomic E-state index is 0.112. The zero-order valence-corrected chi connectivity index (χ0v) is 10.1. The predicted octanol–water partition coefficient (Wildman–Crippen LogP) is 1.84. The maximum Gasteiger partial charge on any atom is 0.255 e. The van der Waals surface area contributed by atoms with E-state index in [0.29, 0.717) is 18.4 Å². The first kappa shape index (κ1) is 11.4. The van der Waals surface area contributed by atoms with Crippen LogP contribution in [-0.2, 0) is 13.1 Å². The van der Waals surface area contributed by atoms with Crippen LogP contribution >= 0.6 is 0 Å². The van der Waals surface area contributed by atoms with E-state index in [9.17, 15) is 4.79 Å². The average molecular weight is 220 g/mol. The summed E-state index contributed by atoms with van der Waals surface area (Å²) in [4.78, 5) is 12.2. The van der Waals surface area contributed by atoms with Gasteiger partial charge in [-0.25, -0.2) is 0 Å². The fourth-order valence-corrected chi connectivity index (χ4v) is 2.08. The van der Waals surface area contributed by atoms with Gasteiger partial charge in [-0.3, -0.25) is 4.79 Å². The van der Waals surface area contributed by atoms with Gasteiger partial charge < -0.3 is 10.3 Å². The third-order valence-corrected chi connectivity index (χ3v) is 3.05. The molecule has 1 aliphatic carbocycles. The van der Waals surface area contributed by atoms with Gasteiger partial charge in [0, 0.05) is 24.3 Å². The van der Waals surface area contributed by atoms with Crippen molar-refractivity contribution >= 4 is 0 Å². The van der Waals surface area contributed by atoms with Crippen LogP contribution in [-0.4, -0.2) is 4.57 Å². The van der Waals surface area contributed by atoms with Crippen LogP contribution in [0.2, 0.25) is 0 Å². The lowest BCUT2D eigenvalue weighted by Crippen LogP contribution is -2.29. The summed E-state index contributed by atoms with van der Waals surface area (Å²) < 4.78 is 1.94. The van der Waals surface area contributed by atoms with E-state index in [0.717, 1.165) is 12.1 Å². The summed E-state index contributed by atoms with van der Waals surface area (Å²) in [6, 6.07) is 3.98. The SMILES string of the molecule is CC(C)Cn1c(C2CC2)ccc(CN)c1=O. The first-order valence-electron chi connectivity index (χ1n) is 6.06. The quantitative estimate of drug-likeness (QED) is 0.841. The van der Waals surface area contributed by atoms with E-state index >= 15 is 0 Å². The fourth-order valence-electron chi connectivity index (χ4n) is 2.08. The Balaban J connectivity index is 2.45. The minimum atomic E-state index is 0.112. The Bertz CT molecular complexity index is 430. The number of nitrogens with two attached hydrogens (primary N) is 1. The molecule has 0 radical (unpaired) electrons. The standard InChI is InChI=1S/C13H20N2O/c1-9(2)8-15-12(10-3-4-10)6-5-11(7-14)13(15)16/h5-6,9-10H,3-4,7-8,14H2,1-2H3. The second-order valence-electron chi connectivity index (χ2n) is 5.07. The Hall–Kier alpha value is -1.09. The van der Waals surface area contributed by atoms with Gasteiger partial charge in [-0.1, -0.05) is 19.9 Å². The van der Waals surface area contributed by atoms with Crippen molar-refractivity contribution in [3.8, 4) is 0 Å². The summed E-state index contributed by atoms with van der Waals surface area (Å²) in [5.74, 6) is 1.10. The third-order valence-electron chi connectivity index (χ3n) is 3.05. The number of pyridine rings is 1. The molecule has 1 fully saturated rings. The Morgan fingerprint density at radius 3 is 2.62 bits per heavy atom. The number of hydrogen-bond acceptors (Lipinski definition) is 2. The molecule has 1 heterocycles. The van der Waals surface area contributed by atoms with E-state index in [2.05, 4.69) is 19.9 Å². The Morgan fingerprint density at radius 1 is 1.44 bits per heavy atom. The number of aromatic nitrogens is 1. The summed E-state index contributed by atoms with van der Waals surface area (Å²) in [5, 5.41) is 0. The molecule has 1 saturated carbocycles. The van der Waals surface area contributed by atoms with E-state index in [4.69, 9.17) is 5.73 Å². The highest BCUT2D eigenvalue weighted by Crippen LogP contribution is 2.39. The van der Waals surface area contributed by atoms with Crippen molar-refractivity contribution < 1.29 is 0 Å². The smallest absolute Gasteiger partial charge is 0.255 e. The highest BCUT2D eigenvalue weighted by molar-refractivity contribution is 5.22. The average Bonchev–Trinajstić information content (AvgIpc) is 3.04. The first-order valence-corrected chi connectivity index (χ1v) is 6.06. The van der Waals surface area contributed by atoms with Crippen LogP contribution in [0.4, 0.5) is 0 Å². The second-order valence-corrected chi connectivity index (χ2v) is 5.07. The van der Waals surface area contributed by atoms with Gasteiger partial charge in [0.25, 0.3) is 5.56 Å². The van der Waals surface area contributed by atoms with Crippen LogP contribution < -0.4 is 11.3 Å². The Labute approximate surface area is 96.3 Å². The number of hydrogen-bond donors (Lipinski definition) is 1. The molecule has 0 spiro atoms. The molecule has 0 unspecified atom stereocenters. The predicted molar refractivity (Wildman–Crippen MR) is 65.4 cm³/mol. The lowest BCUT2D eigenvalue weighted by Gasteiger charge is -2.15. The molecule has 1 aromatic rings. The van der Waals surface area contributed by atoms with Crippen LogP contribution in [0.25, 0.3) is 0 Å². The number of rotatable bonds is 4. The summed E-state index contributed by atoms with van der Waals surface area (Å²) in [5.41, 5.74) is 7.62. The molecule has 0 saturated heterocycles. The highest BCUT2D eigenvalue weighted by atomic mass is 16.1. The van der Waals surface area contributed by atoms with Crippen LogP contribution in [0.5, 0.6) is 0 Å². The van der Waals surface area contributed by atoms with Crippen molar-refractivity contribution in [1.82, 2.24) is 4.57 Å². The van der Waals surface area contributed by atoms with E-state index in [1.54, 1.807) is 0 Å². The largest absolute Gasteiger partial charge is 0.326 e. The van der Waals surface area contributed by atoms with Gasteiger partial charge >= 0.3 is 0 Å². The van der Waals surface area contributed by atoms with Crippen LogP contribution in [0.1, 0.15) is 43.9 Å². The van der Waals surface area contributed by atoms with E-state index in [-0.39, 0.29) is 5.56 Å². The van der Waals surface area contributed by atoms with Gasteiger partial charge in [0.1, 0.15) is 0 Å². The van der Waals surface area contributed by atoms with Crippen molar-refractivity contribution in [2.45, 2.75) is 45.7 Å². The molecule has 0 amide bonds. The molecule has 88 valence electrons. The molecule has 16 heavy (non-hydrogen) atoms. The zero-order chi connectivity index (χ0) is 11.7. The van der Waals surface area contributed by atoms with E-state index < -0.39 is 0 Å². The molecule has 0 aromatic carbocycles. The summed E-state index contributed by atoms with van der Waals surface area (Å²) in [6.07, 6.45) is 2.44. The van der Waals surface area contributed by atoms with Gasteiger partial charge in [-0.2, -0.15) is 0 Å². The molecule has 2 rings (SSSR count). The van der Waals surface area contributed by atoms with Gasteiger partial charge in [0.05, 0.1) is 0 Å². The van der Waals surface area contributed by atoms with Gasteiger partial charge in [0.15, 0.2) is 0 Å².